The van der Waals surface area contributed by atoms with E-state index in [4.69, 9.17) is 4.74 Å². The van der Waals surface area contributed by atoms with E-state index < -0.39 is 11.5 Å². The summed E-state index contributed by atoms with van der Waals surface area (Å²) in [7, 11) is 0. The number of carboxylic acids is 1. The Kier molecular flexibility index (Phi) is 4.01. The van der Waals surface area contributed by atoms with Crippen molar-refractivity contribution in [1.82, 2.24) is 5.32 Å². The zero-order valence-electron chi connectivity index (χ0n) is 10.4. The van der Waals surface area contributed by atoms with Gasteiger partial charge in [0, 0.05) is 19.4 Å². The van der Waals surface area contributed by atoms with Crippen LogP contribution in [0.15, 0.2) is 11.6 Å². The Morgan fingerprint density at radius 3 is 2.83 bits per heavy atom. The molecule has 0 aromatic carbocycles. The lowest BCUT2D eigenvalue weighted by Crippen LogP contribution is -2.55. The summed E-state index contributed by atoms with van der Waals surface area (Å²) >= 11 is 0. The van der Waals surface area contributed by atoms with Crippen molar-refractivity contribution in [2.45, 2.75) is 44.1 Å². The van der Waals surface area contributed by atoms with Gasteiger partial charge < -0.3 is 15.2 Å². The molecule has 0 aromatic heterocycles. The molecule has 0 spiro atoms. The van der Waals surface area contributed by atoms with Gasteiger partial charge in [0.2, 0.25) is 5.91 Å². The first kappa shape index (κ1) is 13.1. The van der Waals surface area contributed by atoms with Gasteiger partial charge in [-0.1, -0.05) is 11.6 Å². The van der Waals surface area contributed by atoms with Crippen LogP contribution in [-0.4, -0.2) is 35.7 Å². The number of amides is 1. The number of rotatable bonds is 4. The standard InChI is InChI=1S/C13H19NO4/c15-11(8-10-4-2-1-3-5-10)14-13(12(16)17)6-7-18-9-13/h4H,1-3,5-9H2,(H,14,15)(H,16,17). The Morgan fingerprint density at radius 2 is 2.28 bits per heavy atom. The van der Waals surface area contributed by atoms with Crippen LogP contribution >= 0.6 is 0 Å². The SMILES string of the molecule is O=C(CC1=CCCCC1)NC1(C(=O)O)CCOC1. The molecule has 5 nitrogen and oxygen atoms in total. The molecular weight excluding hydrogens is 234 g/mol. The van der Waals surface area contributed by atoms with Crippen molar-refractivity contribution in [2.75, 3.05) is 13.2 Å². The highest BCUT2D eigenvalue weighted by Crippen LogP contribution is 2.22. The van der Waals surface area contributed by atoms with Gasteiger partial charge in [-0.2, -0.15) is 0 Å². The molecule has 2 aliphatic rings. The molecule has 1 heterocycles. The maximum absolute atomic E-state index is 11.9. The summed E-state index contributed by atoms with van der Waals surface area (Å²) in [5.41, 5.74) is -0.0926. The normalized spacial score (nSPS) is 27.7. The van der Waals surface area contributed by atoms with Gasteiger partial charge in [-0.15, -0.1) is 0 Å². The quantitative estimate of drug-likeness (QED) is 0.739. The summed E-state index contributed by atoms with van der Waals surface area (Å²) in [6, 6.07) is 0. The molecule has 0 aromatic rings. The van der Waals surface area contributed by atoms with Crippen molar-refractivity contribution in [3.63, 3.8) is 0 Å². The van der Waals surface area contributed by atoms with Crippen molar-refractivity contribution in [3.05, 3.63) is 11.6 Å². The second-order valence-corrected chi connectivity index (χ2v) is 5.02. The molecule has 1 aliphatic carbocycles. The maximum Gasteiger partial charge on any atom is 0.331 e. The predicted molar refractivity (Wildman–Crippen MR) is 65.1 cm³/mol. The van der Waals surface area contributed by atoms with E-state index >= 15 is 0 Å². The Balaban J connectivity index is 1.93. The van der Waals surface area contributed by atoms with Gasteiger partial charge in [-0.25, -0.2) is 4.79 Å². The molecule has 5 heteroatoms. The predicted octanol–water partition coefficient (Wildman–Crippen LogP) is 1.24. The fourth-order valence-electron chi connectivity index (χ4n) is 2.47. The Bertz CT molecular complexity index is 369. The third-order valence-corrected chi connectivity index (χ3v) is 3.58. The minimum atomic E-state index is -1.22. The third-order valence-electron chi connectivity index (χ3n) is 3.58. The zero-order valence-corrected chi connectivity index (χ0v) is 10.4. The van der Waals surface area contributed by atoms with Crippen molar-refractivity contribution in [1.29, 1.82) is 0 Å². The van der Waals surface area contributed by atoms with Gasteiger partial charge in [0.05, 0.1) is 6.61 Å². The highest BCUT2D eigenvalue weighted by molar-refractivity contribution is 5.88. The summed E-state index contributed by atoms with van der Waals surface area (Å²) in [6.07, 6.45) is 7.02. The van der Waals surface area contributed by atoms with E-state index in [0.717, 1.165) is 24.8 Å². The smallest absolute Gasteiger partial charge is 0.331 e. The number of carbonyl (C=O) groups is 2. The number of allylic oxidation sites excluding steroid dienone is 1. The highest BCUT2D eigenvalue weighted by atomic mass is 16.5. The largest absolute Gasteiger partial charge is 0.479 e. The fraction of sp³-hybridized carbons (Fsp3) is 0.692. The average molecular weight is 253 g/mol. The van der Waals surface area contributed by atoms with Gasteiger partial charge in [-0.05, 0) is 25.7 Å². The Hall–Kier alpha value is -1.36. The highest BCUT2D eigenvalue weighted by Gasteiger charge is 2.43. The van der Waals surface area contributed by atoms with Crippen LogP contribution in [0.2, 0.25) is 0 Å². The van der Waals surface area contributed by atoms with Crippen LogP contribution in [0.25, 0.3) is 0 Å². The van der Waals surface area contributed by atoms with Crippen molar-refractivity contribution >= 4 is 11.9 Å². The molecule has 1 saturated heterocycles. The third kappa shape index (κ3) is 2.90. The summed E-state index contributed by atoms with van der Waals surface area (Å²) in [6.45, 7) is 0.447. The minimum absolute atomic E-state index is 0.0626. The second-order valence-electron chi connectivity index (χ2n) is 5.02. The van der Waals surface area contributed by atoms with E-state index in [0.29, 0.717) is 19.4 Å². The first-order chi connectivity index (χ1) is 8.62. The second kappa shape index (κ2) is 5.52. The van der Waals surface area contributed by atoms with Crippen LogP contribution < -0.4 is 5.32 Å². The number of carboxylic acid groups (broad SMARTS) is 1. The lowest BCUT2D eigenvalue weighted by molar-refractivity contribution is -0.147. The summed E-state index contributed by atoms with van der Waals surface area (Å²) < 4.78 is 5.10. The molecule has 1 atom stereocenters. The number of nitrogens with one attached hydrogen (secondary N) is 1. The van der Waals surface area contributed by atoms with Crippen LogP contribution in [0, 0.1) is 0 Å². The van der Waals surface area contributed by atoms with Gasteiger partial charge in [0.25, 0.3) is 0 Å². The molecule has 18 heavy (non-hydrogen) atoms. The molecule has 1 unspecified atom stereocenters. The van der Waals surface area contributed by atoms with Crippen molar-refractivity contribution < 1.29 is 19.4 Å². The molecule has 0 bridgehead atoms. The molecule has 1 aliphatic heterocycles. The zero-order chi connectivity index (χ0) is 13.0. The molecule has 0 radical (unpaired) electrons. The van der Waals surface area contributed by atoms with Crippen LogP contribution in [0.3, 0.4) is 0 Å². The number of carbonyl (C=O) groups excluding carboxylic acids is 1. The van der Waals surface area contributed by atoms with E-state index in [-0.39, 0.29) is 12.5 Å². The average Bonchev–Trinajstić information content (AvgIpc) is 2.80. The number of hydrogen-bond donors (Lipinski definition) is 2. The Morgan fingerprint density at radius 1 is 1.44 bits per heavy atom. The maximum atomic E-state index is 11.9. The van der Waals surface area contributed by atoms with Gasteiger partial charge >= 0.3 is 5.97 Å². The summed E-state index contributed by atoms with van der Waals surface area (Å²) in [5.74, 6) is -1.22. The molecular formula is C13H19NO4. The van der Waals surface area contributed by atoms with Crippen LogP contribution in [0.1, 0.15) is 38.5 Å². The van der Waals surface area contributed by atoms with Crippen LogP contribution in [0.5, 0.6) is 0 Å². The van der Waals surface area contributed by atoms with Crippen molar-refractivity contribution in [3.8, 4) is 0 Å². The van der Waals surface area contributed by atoms with E-state index in [1.165, 1.54) is 6.42 Å². The molecule has 0 saturated carbocycles. The van der Waals surface area contributed by atoms with Crippen LogP contribution in [-0.2, 0) is 14.3 Å². The van der Waals surface area contributed by atoms with E-state index in [1.807, 2.05) is 0 Å². The monoisotopic (exact) mass is 253 g/mol. The lowest BCUT2D eigenvalue weighted by Gasteiger charge is -2.24. The fourth-order valence-corrected chi connectivity index (χ4v) is 2.47. The lowest BCUT2D eigenvalue weighted by atomic mass is 9.95. The minimum Gasteiger partial charge on any atom is -0.479 e. The molecule has 100 valence electrons. The van der Waals surface area contributed by atoms with Crippen molar-refractivity contribution in [2.24, 2.45) is 0 Å². The first-order valence-corrected chi connectivity index (χ1v) is 6.42. The van der Waals surface area contributed by atoms with E-state index in [1.54, 1.807) is 0 Å². The number of hydrogen-bond acceptors (Lipinski definition) is 3. The number of ether oxygens (including phenoxy) is 1. The van der Waals surface area contributed by atoms with Gasteiger partial charge in [-0.3, -0.25) is 4.79 Å². The summed E-state index contributed by atoms with van der Waals surface area (Å²) in [5, 5.41) is 11.8. The molecule has 2 rings (SSSR count). The molecule has 2 N–H and O–H groups in total. The first-order valence-electron chi connectivity index (χ1n) is 6.42. The summed E-state index contributed by atoms with van der Waals surface area (Å²) in [4.78, 5) is 23.1. The van der Waals surface area contributed by atoms with E-state index in [9.17, 15) is 14.7 Å². The topological polar surface area (TPSA) is 75.6 Å². The van der Waals surface area contributed by atoms with Gasteiger partial charge in [0.15, 0.2) is 5.54 Å². The van der Waals surface area contributed by atoms with Gasteiger partial charge in [0.1, 0.15) is 0 Å². The molecule has 1 fully saturated rings. The van der Waals surface area contributed by atoms with Crippen LogP contribution in [0.4, 0.5) is 0 Å². The number of aliphatic carboxylic acids is 1. The Labute approximate surface area is 106 Å². The molecule has 1 amide bonds. The van der Waals surface area contributed by atoms with E-state index in [2.05, 4.69) is 11.4 Å².